The zero-order chi connectivity index (χ0) is 25.8. The first-order valence-electron chi connectivity index (χ1n) is 12.4. The Morgan fingerprint density at radius 3 is 2.21 bits per heavy atom. The number of aliphatic hydroxyl groups is 1. The van der Waals surface area contributed by atoms with Gasteiger partial charge in [-0.15, -0.1) is 0 Å². The first-order valence-corrected chi connectivity index (χ1v) is 7.86. The van der Waals surface area contributed by atoms with Crippen LogP contribution in [-0.4, -0.2) is 37.4 Å². The fraction of sp³-hybridized carbons (Fsp3) is 0.684. The van der Waals surface area contributed by atoms with Crippen LogP contribution in [0.4, 0.5) is 0 Å². The Labute approximate surface area is 157 Å². The molecule has 1 aliphatic carbocycles. The number of carbonyl (C=O) groups is 2. The van der Waals surface area contributed by atoms with Crippen LogP contribution in [0.2, 0.25) is 0 Å². The highest BCUT2D eigenvalue weighted by atomic mass is 16.5. The predicted octanol–water partition coefficient (Wildman–Crippen LogP) is 3.46. The van der Waals surface area contributed by atoms with E-state index in [1.807, 2.05) is 0 Å². The maximum atomic E-state index is 12.7. The van der Waals surface area contributed by atoms with Gasteiger partial charge in [-0.05, 0) is 26.1 Å². The van der Waals surface area contributed by atoms with Crippen LogP contribution in [0.15, 0.2) is 22.7 Å². The van der Waals surface area contributed by atoms with Crippen molar-refractivity contribution in [3.8, 4) is 0 Å². The lowest BCUT2D eigenvalue weighted by Crippen LogP contribution is -2.25. The Bertz CT molecular complexity index is 807. The van der Waals surface area contributed by atoms with Crippen LogP contribution in [0.1, 0.15) is 77.0 Å². The summed E-state index contributed by atoms with van der Waals surface area (Å²) >= 11 is 0. The van der Waals surface area contributed by atoms with Gasteiger partial charge in [0.25, 0.3) is 0 Å². The van der Waals surface area contributed by atoms with E-state index in [2.05, 4.69) is 4.74 Å². The Kier molecular flexibility index (Phi) is 4.77. The number of ether oxygens (including phenoxy) is 2. The number of allylic oxidation sites excluding steroid dienone is 2. The Hall–Kier alpha value is -1.62. The molecule has 0 aromatic rings. The molecule has 1 rings (SSSR count). The topological polar surface area (TPSA) is 72.8 Å². The number of Topliss-reactive ketones (excluding diaryl/α,β-unsaturated/α-hetero) is 2. The van der Waals surface area contributed by atoms with Crippen molar-refractivity contribution in [3.63, 3.8) is 0 Å². The van der Waals surface area contributed by atoms with Crippen molar-refractivity contribution in [1.29, 1.82) is 0 Å². The average Bonchev–Trinajstić information content (AvgIpc) is 2.65. The number of hydrogen-bond acceptors (Lipinski definition) is 5. The number of ketones is 2. The van der Waals surface area contributed by atoms with E-state index in [1.165, 1.54) is 6.92 Å². The second-order valence-electron chi connectivity index (χ2n) is 5.41. The molecule has 0 unspecified atom stereocenters. The lowest BCUT2D eigenvalue weighted by molar-refractivity contribution is -0.121. The van der Waals surface area contributed by atoms with Crippen molar-refractivity contribution in [2.45, 2.75) is 64.6 Å². The third-order valence-corrected chi connectivity index (χ3v) is 3.87. The molecule has 5 heteroatoms. The molecule has 0 atom stereocenters. The van der Waals surface area contributed by atoms with E-state index in [4.69, 9.17) is 17.1 Å². The van der Waals surface area contributed by atoms with Crippen LogP contribution < -0.4 is 0 Å². The normalized spacial score (nSPS) is 23.2. The highest BCUT2D eigenvalue weighted by Gasteiger charge is 2.34. The monoisotopic (exact) mass is 347 g/mol. The fourth-order valence-electron chi connectivity index (χ4n) is 2.55. The highest BCUT2D eigenvalue weighted by Crippen LogP contribution is 2.28. The van der Waals surface area contributed by atoms with E-state index in [0.29, 0.717) is 25.7 Å². The molecule has 0 saturated heterocycles. The average molecular weight is 347 g/mol. The molecule has 0 aromatic heterocycles. The highest BCUT2D eigenvalue weighted by molar-refractivity contribution is 6.23. The SMILES string of the molecule is [2H]C([2H])([2H])OC1=C(OC)C(=O)C(CCCCCCCC([2H])([2H])C([2H])([2H])C([2H])([2H])O)=C(C)C1=O. The predicted molar refractivity (Wildman–Crippen MR) is 92.4 cm³/mol. The second-order valence-corrected chi connectivity index (χ2v) is 5.41. The summed E-state index contributed by atoms with van der Waals surface area (Å²) in [5, 5.41) is 9.26. The number of carbonyl (C=O) groups excluding carboxylic acids is 2. The number of methoxy groups -OCH3 is 2. The third-order valence-electron chi connectivity index (χ3n) is 3.87. The van der Waals surface area contributed by atoms with Crippen molar-refractivity contribution < 1.29 is 36.5 Å². The smallest absolute Gasteiger partial charge is 0.228 e. The van der Waals surface area contributed by atoms with Crippen molar-refractivity contribution in [2.75, 3.05) is 20.7 Å². The van der Waals surface area contributed by atoms with Crippen molar-refractivity contribution in [3.05, 3.63) is 22.7 Å². The first kappa shape index (κ1) is 10.4. The van der Waals surface area contributed by atoms with Gasteiger partial charge in [-0.3, -0.25) is 9.59 Å². The Morgan fingerprint density at radius 2 is 1.58 bits per heavy atom. The molecule has 0 spiro atoms. The third kappa shape index (κ3) is 5.48. The van der Waals surface area contributed by atoms with Gasteiger partial charge < -0.3 is 14.6 Å². The number of unbranched alkanes of at least 4 members (excludes halogenated alkanes) is 4. The van der Waals surface area contributed by atoms with Gasteiger partial charge in [0.1, 0.15) is 0 Å². The van der Waals surface area contributed by atoms with Crippen LogP contribution in [0.25, 0.3) is 0 Å². The zero-order valence-electron chi connectivity index (χ0n) is 23.0. The molecule has 0 aromatic carbocycles. The van der Waals surface area contributed by atoms with Crippen molar-refractivity contribution >= 4 is 11.6 Å². The molecule has 136 valence electrons. The van der Waals surface area contributed by atoms with Gasteiger partial charge in [0, 0.05) is 23.2 Å². The minimum Gasteiger partial charge on any atom is -0.489 e. The van der Waals surface area contributed by atoms with Gasteiger partial charge in [0.15, 0.2) is 0 Å². The van der Waals surface area contributed by atoms with E-state index >= 15 is 0 Å². The maximum Gasteiger partial charge on any atom is 0.228 e. The minimum absolute atomic E-state index is 0.0914. The molecular formula is C19H30O5. The standard InChI is InChI=1S/C19H30O5/c1-14-15(12-10-8-6-4-5-7-9-11-13-20)17(22)19(24-3)18(23-2)16(14)21/h20H,4-13H2,1-3H3/i2D3,9D2,11D2,13D2. The van der Waals surface area contributed by atoms with Crippen LogP contribution in [0, 0.1) is 0 Å². The van der Waals surface area contributed by atoms with Gasteiger partial charge in [-0.25, -0.2) is 0 Å². The van der Waals surface area contributed by atoms with E-state index in [1.54, 1.807) is 0 Å². The molecule has 1 aliphatic rings. The molecule has 0 fully saturated rings. The molecule has 0 saturated carbocycles. The largest absolute Gasteiger partial charge is 0.489 e. The number of rotatable bonds is 12. The van der Waals surface area contributed by atoms with Crippen molar-refractivity contribution in [2.24, 2.45) is 0 Å². The molecule has 0 radical (unpaired) electrons. The van der Waals surface area contributed by atoms with Crippen molar-refractivity contribution in [1.82, 2.24) is 0 Å². The maximum absolute atomic E-state index is 12.7. The van der Waals surface area contributed by atoms with Crippen LogP contribution in [0.5, 0.6) is 0 Å². The summed E-state index contributed by atoms with van der Waals surface area (Å²) in [7, 11) is -1.77. The second kappa shape index (κ2) is 11.0. The quantitative estimate of drug-likeness (QED) is 0.432. The van der Waals surface area contributed by atoms with Crippen LogP contribution >= 0.6 is 0 Å². The Balaban J connectivity index is 2.60. The van der Waals surface area contributed by atoms with E-state index in [-0.39, 0.29) is 30.4 Å². The summed E-state index contributed by atoms with van der Waals surface area (Å²) in [5.41, 5.74) is 0.304. The lowest BCUT2D eigenvalue weighted by atomic mass is 9.89. The summed E-state index contributed by atoms with van der Waals surface area (Å²) in [6, 6.07) is 0. The molecule has 0 bridgehead atoms. The van der Waals surface area contributed by atoms with Gasteiger partial charge in [0.2, 0.25) is 23.1 Å². The van der Waals surface area contributed by atoms with Gasteiger partial charge in [-0.2, -0.15) is 0 Å². The summed E-state index contributed by atoms with van der Waals surface area (Å²) in [4.78, 5) is 25.2. The van der Waals surface area contributed by atoms with Gasteiger partial charge in [-0.1, -0.05) is 38.5 Å². The van der Waals surface area contributed by atoms with Gasteiger partial charge >= 0.3 is 0 Å². The summed E-state index contributed by atoms with van der Waals surface area (Å²) in [6.45, 7) is -1.89. The lowest BCUT2D eigenvalue weighted by Gasteiger charge is -2.20. The summed E-state index contributed by atoms with van der Waals surface area (Å²) in [6.07, 6.45) is -3.08. The van der Waals surface area contributed by atoms with E-state index in [9.17, 15) is 14.7 Å². The number of hydrogen-bond donors (Lipinski definition) is 1. The molecule has 5 nitrogen and oxygen atoms in total. The van der Waals surface area contributed by atoms with Gasteiger partial charge in [0.05, 0.1) is 21.0 Å². The zero-order valence-corrected chi connectivity index (χ0v) is 14.0. The van der Waals surface area contributed by atoms with Crippen LogP contribution in [-0.2, 0) is 19.1 Å². The minimum atomic E-state index is -3.31. The fourth-order valence-corrected chi connectivity index (χ4v) is 2.55. The Morgan fingerprint density at radius 1 is 0.958 bits per heavy atom. The van der Waals surface area contributed by atoms with E-state index < -0.39 is 49.4 Å². The van der Waals surface area contributed by atoms with Crippen LogP contribution in [0.3, 0.4) is 0 Å². The molecule has 1 N–H and O–H groups in total. The summed E-state index contributed by atoms with van der Waals surface area (Å²) in [5.74, 6) is -2.41. The molecule has 24 heavy (non-hydrogen) atoms. The summed E-state index contributed by atoms with van der Waals surface area (Å²) < 4.78 is 75.9. The van der Waals surface area contributed by atoms with E-state index in [0.717, 1.165) is 7.11 Å². The molecule has 0 amide bonds. The molecular weight excluding hydrogens is 308 g/mol. The molecule has 0 heterocycles. The first-order chi connectivity index (χ1) is 14.9. The molecule has 0 aliphatic heterocycles.